The lowest BCUT2D eigenvalue weighted by atomic mass is 10.3. The Balaban J connectivity index is 2.39. The molecule has 0 radical (unpaired) electrons. The second-order valence-corrected chi connectivity index (χ2v) is 5.28. The molecule has 1 heterocycles. The molecule has 0 atom stereocenters. The van der Waals surface area contributed by atoms with Crippen molar-refractivity contribution in [2.75, 3.05) is 5.32 Å². The fraction of sp³-hybridized carbons (Fsp3) is 0.250. The quantitative estimate of drug-likeness (QED) is 0.924. The molecule has 2 rings (SSSR count). The summed E-state index contributed by atoms with van der Waals surface area (Å²) in [6.07, 6.45) is 3.69. The molecule has 0 spiro atoms. The van der Waals surface area contributed by atoms with E-state index in [1.807, 2.05) is 29.0 Å². The Labute approximate surface area is 114 Å². The molecule has 0 aliphatic heterocycles. The lowest BCUT2D eigenvalue weighted by Crippen LogP contribution is -2.13. The molecule has 2 aromatic rings. The summed E-state index contributed by atoms with van der Waals surface area (Å²) in [4.78, 5) is 4.29. The Kier molecular flexibility index (Phi) is 3.74. The molecule has 3 nitrogen and oxygen atoms in total. The smallest absolute Gasteiger partial charge is 0.207 e. The summed E-state index contributed by atoms with van der Waals surface area (Å²) in [5, 5.41) is 3.99. The minimum Gasteiger partial charge on any atom is -0.353 e. The van der Waals surface area contributed by atoms with Crippen molar-refractivity contribution in [2.45, 2.75) is 19.9 Å². The highest BCUT2D eigenvalue weighted by Crippen LogP contribution is 2.26. The lowest BCUT2D eigenvalue weighted by molar-refractivity contribution is 0.864. The first-order chi connectivity index (χ1) is 8.08. The molecule has 5 heteroatoms. The third-order valence-corrected chi connectivity index (χ3v) is 3.45. The fourth-order valence-electron chi connectivity index (χ4n) is 1.51. The van der Waals surface area contributed by atoms with E-state index in [4.69, 9.17) is 11.6 Å². The van der Waals surface area contributed by atoms with Crippen LogP contribution in [0.1, 0.15) is 13.8 Å². The molecular formula is C12H13BrClN3. The first-order valence-corrected chi connectivity index (χ1v) is 6.50. The van der Waals surface area contributed by atoms with Crippen LogP contribution in [0.2, 0.25) is 5.02 Å². The summed E-state index contributed by atoms with van der Waals surface area (Å²) in [5.74, 6) is 0.828. The van der Waals surface area contributed by atoms with Crippen molar-refractivity contribution in [3.05, 3.63) is 40.1 Å². The van der Waals surface area contributed by atoms with Crippen LogP contribution in [-0.2, 0) is 0 Å². The molecule has 0 amide bonds. The van der Waals surface area contributed by atoms with Gasteiger partial charge in [0, 0.05) is 28.6 Å². The number of nitrogens with zero attached hydrogens (tertiary/aromatic N) is 2. The number of hydrogen-bond donors (Lipinski definition) is 1. The van der Waals surface area contributed by atoms with Crippen LogP contribution < -0.4 is 5.32 Å². The highest BCUT2D eigenvalue weighted by atomic mass is 79.9. The van der Waals surface area contributed by atoms with Crippen LogP contribution in [0.5, 0.6) is 0 Å². The van der Waals surface area contributed by atoms with Gasteiger partial charge in [-0.1, -0.05) is 11.6 Å². The number of halogens is 2. The van der Waals surface area contributed by atoms with Gasteiger partial charge in [0.25, 0.3) is 0 Å². The summed E-state index contributed by atoms with van der Waals surface area (Å²) in [5.41, 5.74) is 1.02. The number of rotatable bonds is 3. The number of imidazole rings is 1. The molecule has 0 unspecified atom stereocenters. The molecule has 0 fully saturated rings. The van der Waals surface area contributed by atoms with Crippen molar-refractivity contribution in [3.8, 4) is 5.69 Å². The van der Waals surface area contributed by atoms with Crippen LogP contribution in [0.25, 0.3) is 5.69 Å². The maximum Gasteiger partial charge on any atom is 0.207 e. The van der Waals surface area contributed by atoms with Gasteiger partial charge in [0.05, 0.1) is 5.02 Å². The standard InChI is InChI=1S/C12H13BrClN3/c1-8(2)16-12-15-5-6-17(12)9-3-4-11(14)10(13)7-9/h3-8H,1-2H3,(H,15,16). The van der Waals surface area contributed by atoms with Crippen molar-refractivity contribution in [1.29, 1.82) is 0 Å². The van der Waals surface area contributed by atoms with Gasteiger partial charge in [-0.3, -0.25) is 4.57 Å². The van der Waals surface area contributed by atoms with Gasteiger partial charge >= 0.3 is 0 Å². The van der Waals surface area contributed by atoms with Crippen LogP contribution in [0.15, 0.2) is 35.1 Å². The molecule has 90 valence electrons. The van der Waals surface area contributed by atoms with E-state index in [-0.39, 0.29) is 0 Å². The number of aromatic nitrogens is 2. The fourth-order valence-corrected chi connectivity index (χ4v) is 2.00. The van der Waals surface area contributed by atoms with E-state index in [0.29, 0.717) is 11.1 Å². The monoisotopic (exact) mass is 313 g/mol. The average molecular weight is 315 g/mol. The van der Waals surface area contributed by atoms with Gasteiger partial charge in [-0.15, -0.1) is 0 Å². The highest BCUT2D eigenvalue weighted by molar-refractivity contribution is 9.10. The summed E-state index contributed by atoms with van der Waals surface area (Å²) >= 11 is 9.40. The number of benzene rings is 1. The van der Waals surface area contributed by atoms with E-state index in [1.54, 1.807) is 6.20 Å². The van der Waals surface area contributed by atoms with Crippen molar-refractivity contribution in [2.24, 2.45) is 0 Å². The van der Waals surface area contributed by atoms with Crippen molar-refractivity contribution < 1.29 is 0 Å². The summed E-state index contributed by atoms with van der Waals surface area (Å²) in [7, 11) is 0. The number of hydrogen-bond acceptors (Lipinski definition) is 2. The zero-order valence-corrected chi connectivity index (χ0v) is 12.0. The minimum absolute atomic E-state index is 0.340. The van der Waals surface area contributed by atoms with Crippen LogP contribution >= 0.6 is 27.5 Å². The van der Waals surface area contributed by atoms with Gasteiger partial charge in [-0.25, -0.2) is 4.98 Å². The van der Waals surface area contributed by atoms with E-state index in [0.717, 1.165) is 16.1 Å². The Hall–Kier alpha value is -1.000. The van der Waals surface area contributed by atoms with Crippen molar-refractivity contribution in [1.82, 2.24) is 9.55 Å². The van der Waals surface area contributed by atoms with Gasteiger partial charge < -0.3 is 5.32 Å². The average Bonchev–Trinajstić information content (AvgIpc) is 2.69. The van der Waals surface area contributed by atoms with E-state index in [2.05, 4.69) is 40.1 Å². The Morgan fingerprint density at radius 1 is 1.41 bits per heavy atom. The lowest BCUT2D eigenvalue weighted by Gasteiger charge is -2.12. The molecular weight excluding hydrogens is 302 g/mol. The predicted octanol–water partition coefficient (Wildman–Crippen LogP) is 4.11. The van der Waals surface area contributed by atoms with Crippen LogP contribution in [0.4, 0.5) is 5.95 Å². The molecule has 0 bridgehead atoms. The third kappa shape index (κ3) is 2.82. The Bertz CT molecular complexity index is 522. The molecule has 1 N–H and O–H groups in total. The predicted molar refractivity (Wildman–Crippen MR) is 75.0 cm³/mol. The van der Waals surface area contributed by atoms with E-state index < -0.39 is 0 Å². The van der Waals surface area contributed by atoms with Gasteiger partial charge in [-0.05, 0) is 48.0 Å². The zero-order valence-electron chi connectivity index (χ0n) is 9.61. The Morgan fingerprint density at radius 2 is 2.18 bits per heavy atom. The highest BCUT2D eigenvalue weighted by Gasteiger charge is 2.07. The first-order valence-electron chi connectivity index (χ1n) is 5.33. The zero-order chi connectivity index (χ0) is 12.4. The summed E-state index contributed by atoms with van der Waals surface area (Å²) < 4.78 is 2.86. The largest absolute Gasteiger partial charge is 0.353 e. The third-order valence-electron chi connectivity index (χ3n) is 2.24. The van der Waals surface area contributed by atoms with E-state index in [1.165, 1.54) is 0 Å². The SMILES string of the molecule is CC(C)Nc1nccn1-c1ccc(Cl)c(Br)c1. The van der Waals surface area contributed by atoms with Crippen LogP contribution in [0, 0.1) is 0 Å². The number of nitrogens with one attached hydrogen (secondary N) is 1. The normalized spacial score (nSPS) is 10.9. The maximum atomic E-state index is 5.98. The van der Waals surface area contributed by atoms with E-state index in [9.17, 15) is 0 Å². The van der Waals surface area contributed by atoms with Crippen LogP contribution in [-0.4, -0.2) is 15.6 Å². The molecule has 0 aliphatic carbocycles. The summed E-state index contributed by atoms with van der Waals surface area (Å²) in [6.45, 7) is 4.16. The second kappa shape index (κ2) is 5.10. The van der Waals surface area contributed by atoms with Gasteiger partial charge in [0.1, 0.15) is 0 Å². The van der Waals surface area contributed by atoms with Gasteiger partial charge in [0.15, 0.2) is 0 Å². The van der Waals surface area contributed by atoms with Crippen molar-refractivity contribution in [3.63, 3.8) is 0 Å². The van der Waals surface area contributed by atoms with E-state index >= 15 is 0 Å². The molecule has 0 saturated heterocycles. The molecule has 1 aromatic carbocycles. The van der Waals surface area contributed by atoms with Crippen molar-refractivity contribution >= 4 is 33.5 Å². The summed E-state index contributed by atoms with van der Waals surface area (Å²) in [6, 6.07) is 6.13. The Morgan fingerprint density at radius 3 is 2.82 bits per heavy atom. The van der Waals surface area contributed by atoms with Gasteiger partial charge in [-0.2, -0.15) is 0 Å². The molecule has 0 aliphatic rings. The molecule has 0 saturated carbocycles. The maximum absolute atomic E-state index is 5.98. The topological polar surface area (TPSA) is 29.9 Å². The molecule has 17 heavy (non-hydrogen) atoms. The second-order valence-electron chi connectivity index (χ2n) is 4.02. The molecule has 1 aromatic heterocycles. The van der Waals surface area contributed by atoms with Gasteiger partial charge in [0.2, 0.25) is 5.95 Å². The number of anilines is 1. The first kappa shape index (κ1) is 12.5. The van der Waals surface area contributed by atoms with Crippen LogP contribution in [0.3, 0.4) is 0 Å². The minimum atomic E-state index is 0.340.